The second kappa shape index (κ2) is 5.43. The van der Waals surface area contributed by atoms with E-state index in [1.54, 1.807) is 12.1 Å². The minimum absolute atomic E-state index is 0.0992. The van der Waals surface area contributed by atoms with Crippen LogP contribution >= 0.6 is 0 Å². The molecule has 0 aromatic heterocycles. The van der Waals surface area contributed by atoms with E-state index in [0.717, 1.165) is 12.8 Å². The largest absolute Gasteiger partial charge is 0.488 e. The molecule has 0 amide bonds. The van der Waals surface area contributed by atoms with Crippen molar-refractivity contribution in [3.8, 4) is 5.75 Å². The second-order valence-corrected chi connectivity index (χ2v) is 5.02. The highest BCUT2D eigenvalue weighted by molar-refractivity contribution is 5.91. The van der Waals surface area contributed by atoms with Gasteiger partial charge >= 0.3 is 5.97 Å². The van der Waals surface area contributed by atoms with Crippen molar-refractivity contribution < 1.29 is 19.0 Å². The van der Waals surface area contributed by atoms with Crippen LogP contribution in [0.1, 0.15) is 32.3 Å². The number of hydrogen-bond acceptors (Lipinski definition) is 2. The van der Waals surface area contributed by atoms with Crippen molar-refractivity contribution in [2.24, 2.45) is 5.92 Å². The van der Waals surface area contributed by atoms with Crippen molar-refractivity contribution >= 4 is 11.5 Å². The van der Waals surface area contributed by atoms with Crippen LogP contribution in [0.25, 0.3) is 5.57 Å². The van der Waals surface area contributed by atoms with Crippen molar-refractivity contribution in [1.29, 1.82) is 0 Å². The number of rotatable bonds is 5. The Morgan fingerprint density at radius 2 is 2.16 bits per heavy atom. The predicted octanol–water partition coefficient (Wildman–Crippen LogP) is 3.49. The highest BCUT2D eigenvalue weighted by atomic mass is 19.1. The predicted molar refractivity (Wildman–Crippen MR) is 70.5 cm³/mol. The minimum Gasteiger partial charge on any atom is -0.488 e. The molecule has 0 atom stereocenters. The summed E-state index contributed by atoms with van der Waals surface area (Å²) < 4.78 is 19.2. The van der Waals surface area contributed by atoms with Gasteiger partial charge in [-0.2, -0.15) is 0 Å². The highest BCUT2D eigenvalue weighted by Gasteiger charge is 2.28. The lowest BCUT2D eigenvalue weighted by Gasteiger charge is -2.12. The summed E-state index contributed by atoms with van der Waals surface area (Å²) in [5.41, 5.74) is 1.32. The summed E-state index contributed by atoms with van der Waals surface area (Å²) in [6.45, 7) is 3.65. The third-order valence-corrected chi connectivity index (χ3v) is 2.92. The first-order valence-electron chi connectivity index (χ1n) is 6.38. The van der Waals surface area contributed by atoms with Gasteiger partial charge in [0.1, 0.15) is 0 Å². The molecule has 1 fully saturated rings. The Morgan fingerprint density at radius 3 is 2.63 bits per heavy atom. The zero-order valence-electron chi connectivity index (χ0n) is 11.0. The van der Waals surface area contributed by atoms with Crippen molar-refractivity contribution in [1.82, 2.24) is 0 Å². The second-order valence-electron chi connectivity index (χ2n) is 5.02. The monoisotopic (exact) mass is 264 g/mol. The van der Waals surface area contributed by atoms with E-state index in [1.807, 2.05) is 13.8 Å². The Bertz CT molecular complexity index is 516. The van der Waals surface area contributed by atoms with Gasteiger partial charge in [0, 0.05) is 6.08 Å². The van der Waals surface area contributed by atoms with Gasteiger partial charge in [-0.05, 0) is 55.9 Å². The molecule has 0 spiro atoms. The van der Waals surface area contributed by atoms with Gasteiger partial charge in [-0.3, -0.25) is 0 Å². The zero-order valence-corrected chi connectivity index (χ0v) is 11.0. The molecule has 2 rings (SSSR count). The molecule has 0 bridgehead atoms. The zero-order chi connectivity index (χ0) is 14.0. The molecule has 0 unspecified atom stereocenters. The first kappa shape index (κ1) is 13.6. The fraction of sp³-hybridized carbons (Fsp3) is 0.400. The first-order valence-corrected chi connectivity index (χ1v) is 6.38. The molecule has 3 nitrogen and oxygen atoms in total. The SMILES string of the molecule is CC(C)Oc1ccc(/C(=C/C(=O)O)C2CC2)cc1F. The molecule has 1 aromatic carbocycles. The minimum atomic E-state index is -0.996. The molecule has 0 radical (unpaired) electrons. The summed E-state index contributed by atoms with van der Waals surface area (Å²) in [6, 6.07) is 4.63. The molecule has 1 N–H and O–H groups in total. The van der Waals surface area contributed by atoms with E-state index < -0.39 is 11.8 Å². The average Bonchev–Trinajstić information content (AvgIpc) is 3.12. The van der Waals surface area contributed by atoms with Gasteiger partial charge in [0.15, 0.2) is 11.6 Å². The fourth-order valence-corrected chi connectivity index (χ4v) is 1.99. The molecule has 0 heterocycles. The van der Waals surface area contributed by atoms with Crippen molar-refractivity contribution in [3.05, 3.63) is 35.7 Å². The maximum absolute atomic E-state index is 13.9. The van der Waals surface area contributed by atoms with Crippen molar-refractivity contribution in [2.75, 3.05) is 0 Å². The summed E-state index contributed by atoms with van der Waals surface area (Å²) in [6.07, 6.45) is 3.00. The molecule has 1 aliphatic rings. The van der Waals surface area contributed by atoms with Crippen LogP contribution in [0.15, 0.2) is 24.3 Å². The topological polar surface area (TPSA) is 46.5 Å². The summed E-state index contributed by atoms with van der Waals surface area (Å²) in [4.78, 5) is 10.8. The van der Waals surface area contributed by atoms with Gasteiger partial charge in [-0.25, -0.2) is 9.18 Å². The third-order valence-electron chi connectivity index (χ3n) is 2.92. The number of carboxylic acid groups (broad SMARTS) is 1. The lowest BCUT2D eigenvalue weighted by Crippen LogP contribution is -2.07. The number of benzene rings is 1. The molecule has 0 saturated heterocycles. The number of aliphatic carboxylic acids is 1. The van der Waals surface area contributed by atoms with Crippen LogP contribution in [0.4, 0.5) is 4.39 Å². The number of halogens is 1. The van der Waals surface area contributed by atoms with E-state index >= 15 is 0 Å². The van der Waals surface area contributed by atoms with Crippen molar-refractivity contribution in [3.63, 3.8) is 0 Å². The lowest BCUT2D eigenvalue weighted by molar-refractivity contribution is -0.131. The van der Waals surface area contributed by atoms with Gasteiger partial charge < -0.3 is 9.84 Å². The molecular formula is C15H17FO3. The summed E-state index contributed by atoms with van der Waals surface area (Å²) >= 11 is 0. The van der Waals surface area contributed by atoms with E-state index in [9.17, 15) is 9.18 Å². The maximum atomic E-state index is 13.9. The maximum Gasteiger partial charge on any atom is 0.328 e. The molecule has 1 aromatic rings. The van der Waals surface area contributed by atoms with Gasteiger partial charge in [-0.15, -0.1) is 0 Å². The molecule has 1 aliphatic carbocycles. The fourth-order valence-electron chi connectivity index (χ4n) is 1.99. The Labute approximate surface area is 111 Å². The van der Waals surface area contributed by atoms with E-state index in [0.29, 0.717) is 11.1 Å². The van der Waals surface area contributed by atoms with Crippen LogP contribution in [0.3, 0.4) is 0 Å². The van der Waals surface area contributed by atoms with Crippen LogP contribution in [0.2, 0.25) is 0 Å². The van der Waals surface area contributed by atoms with E-state index in [1.165, 1.54) is 12.1 Å². The molecule has 1 saturated carbocycles. The van der Waals surface area contributed by atoms with Crippen LogP contribution < -0.4 is 4.74 Å². The van der Waals surface area contributed by atoms with Crippen LogP contribution in [-0.2, 0) is 4.79 Å². The molecule has 0 aliphatic heterocycles. The number of carbonyl (C=O) groups is 1. The Morgan fingerprint density at radius 1 is 1.47 bits per heavy atom. The van der Waals surface area contributed by atoms with Gasteiger partial charge in [-0.1, -0.05) is 6.07 Å². The Balaban J connectivity index is 2.29. The standard InChI is InChI=1S/C15H17FO3/c1-9(2)19-14-6-5-11(7-13(14)16)12(8-15(17)18)10-3-4-10/h5-10H,3-4H2,1-2H3,(H,17,18)/b12-8+. The van der Waals surface area contributed by atoms with Gasteiger partial charge in [0.2, 0.25) is 0 Å². The van der Waals surface area contributed by atoms with Gasteiger partial charge in [0.25, 0.3) is 0 Å². The first-order chi connectivity index (χ1) is 8.97. The van der Waals surface area contributed by atoms with E-state index in [-0.39, 0.29) is 17.8 Å². The average molecular weight is 264 g/mol. The normalized spacial score (nSPS) is 15.7. The molecule has 102 valence electrons. The molecule has 4 heteroatoms. The summed E-state index contributed by atoms with van der Waals surface area (Å²) in [5, 5.41) is 8.87. The van der Waals surface area contributed by atoms with Crippen LogP contribution in [0.5, 0.6) is 5.75 Å². The molecule has 19 heavy (non-hydrogen) atoms. The third kappa shape index (κ3) is 3.56. The highest BCUT2D eigenvalue weighted by Crippen LogP contribution is 2.42. The molecular weight excluding hydrogens is 247 g/mol. The smallest absolute Gasteiger partial charge is 0.328 e. The Kier molecular flexibility index (Phi) is 3.88. The number of ether oxygens (including phenoxy) is 1. The number of carboxylic acids is 1. The lowest BCUT2D eigenvalue weighted by atomic mass is 10.0. The van der Waals surface area contributed by atoms with Crippen LogP contribution in [-0.4, -0.2) is 17.2 Å². The number of allylic oxidation sites excluding steroid dienone is 1. The quantitative estimate of drug-likeness (QED) is 0.828. The van der Waals surface area contributed by atoms with Crippen molar-refractivity contribution in [2.45, 2.75) is 32.8 Å². The Hall–Kier alpha value is -1.84. The number of hydrogen-bond donors (Lipinski definition) is 1. The van der Waals surface area contributed by atoms with Gasteiger partial charge in [0.05, 0.1) is 6.10 Å². The van der Waals surface area contributed by atoms with E-state index in [4.69, 9.17) is 9.84 Å². The van der Waals surface area contributed by atoms with E-state index in [2.05, 4.69) is 0 Å². The van der Waals surface area contributed by atoms with Crippen LogP contribution in [0, 0.1) is 11.7 Å². The summed E-state index contributed by atoms with van der Waals surface area (Å²) in [7, 11) is 0. The summed E-state index contributed by atoms with van der Waals surface area (Å²) in [5.74, 6) is -1.01.